The number of hydrogen-bond donors (Lipinski definition) is 1. The number of thiazole rings is 1. The molecule has 0 N–H and O–H groups in total. The highest BCUT2D eigenvalue weighted by Gasteiger charge is 2.09. The van der Waals surface area contributed by atoms with Crippen molar-refractivity contribution in [2.75, 3.05) is 0 Å². The number of hydrogen-bond acceptors (Lipinski definition) is 5. The van der Waals surface area contributed by atoms with Gasteiger partial charge in [0.25, 0.3) is 0 Å². The Bertz CT molecular complexity index is 672. The average Bonchev–Trinajstić information content (AvgIpc) is 2.93. The Hall–Kier alpha value is -1.33. The van der Waals surface area contributed by atoms with Gasteiger partial charge in [-0.25, -0.2) is 9.97 Å². The van der Waals surface area contributed by atoms with Gasteiger partial charge < -0.3 is 4.42 Å². The lowest BCUT2D eigenvalue weighted by molar-refractivity contribution is 0.602. The van der Waals surface area contributed by atoms with Crippen molar-refractivity contribution in [3.63, 3.8) is 0 Å². The zero-order valence-electron chi connectivity index (χ0n) is 9.17. The summed E-state index contributed by atoms with van der Waals surface area (Å²) in [6.07, 6.45) is 1.46. The monoisotopic (exact) mass is 262 g/mol. The van der Waals surface area contributed by atoms with Crippen molar-refractivity contribution in [3.8, 4) is 10.6 Å². The lowest BCUT2D eigenvalue weighted by Crippen LogP contribution is -1.78. The highest BCUT2D eigenvalue weighted by atomic mass is 32.1. The Morgan fingerprint density at radius 1 is 1.41 bits per heavy atom. The van der Waals surface area contributed by atoms with Crippen molar-refractivity contribution >= 4 is 35.1 Å². The van der Waals surface area contributed by atoms with Gasteiger partial charge in [-0.3, -0.25) is 0 Å². The fourth-order valence-electron chi connectivity index (χ4n) is 1.69. The molecule has 0 fully saturated rings. The highest BCUT2D eigenvalue weighted by Crippen LogP contribution is 2.30. The first-order chi connectivity index (χ1) is 8.28. The van der Waals surface area contributed by atoms with Gasteiger partial charge in [0.2, 0.25) is 0 Å². The fraction of sp³-hybridized carbons (Fsp3) is 0.167. The van der Waals surface area contributed by atoms with Crippen molar-refractivity contribution in [2.24, 2.45) is 0 Å². The summed E-state index contributed by atoms with van der Waals surface area (Å²) in [4.78, 5) is 9.86. The molecule has 0 aliphatic carbocycles. The Labute approximate surface area is 108 Å². The van der Waals surface area contributed by atoms with E-state index in [1.807, 2.05) is 25.1 Å². The molecule has 1 aromatic carbocycles. The molecule has 0 unspecified atom stereocenters. The molecule has 0 spiro atoms. The Kier molecular flexibility index (Phi) is 2.64. The van der Waals surface area contributed by atoms with E-state index in [1.165, 1.54) is 11.3 Å². The van der Waals surface area contributed by atoms with E-state index < -0.39 is 0 Å². The third-order valence-corrected chi connectivity index (χ3v) is 4.35. The average molecular weight is 262 g/mol. The molecular weight excluding hydrogens is 252 g/mol. The van der Waals surface area contributed by atoms with Crippen LogP contribution in [0.3, 0.4) is 0 Å². The maximum atomic E-state index is 5.29. The minimum absolute atomic E-state index is 0.730. The second-order valence-corrected chi connectivity index (χ2v) is 5.12. The molecule has 0 atom stereocenters. The molecule has 0 aliphatic heterocycles. The number of benzene rings is 1. The SMILES string of the molecule is Cc1nc(-c2ccc3ncoc3c2)sc1CS. The van der Waals surface area contributed by atoms with Gasteiger partial charge in [0.1, 0.15) is 10.5 Å². The number of nitrogens with zero attached hydrogens (tertiary/aromatic N) is 2. The summed E-state index contributed by atoms with van der Waals surface area (Å²) in [6, 6.07) is 5.94. The molecule has 0 amide bonds. The van der Waals surface area contributed by atoms with Crippen LogP contribution >= 0.6 is 24.0 Å². The van der Waals surface area contributed by atoms with Gasteiger partial charge in [-0.05, 0) is 25.1 Å². The van der Waals surface area contributed by atoms with Crippen LogP contribution in [-0.4, -0.2) is 9.97 Å². The molecule has 0 bridgehead atoms. The number of fused-ring (bicyclic) bond motifs is 1. The van der Waals surface area contributed by atoms with Gasteiger partial charge in [0.15, 0.2) is 12.0 Å². The largest absolute Gasteiger partial charge is 0.443 e. The first kappa shape index (κ1) is 10.8. The van der Waals surface area contributed by atoms with Crippen LogP contribution in [0.4, 0.5) is 0 Å². The molecule has 2 heterocycles. The van der Waals surface area contributed by atoms with E-state index in [-0.39, 0.29) is 0 Å². The van der Waals surface area contributed by atoms with Crippen LogP contribution in [0.15, 0.2) is 29.0 Å². The van der Waals surface area contributed by atoms with Gasteiger partial charge >= 0.3 is 0 Å². The number of aryl methyl sites for hydroxylation is 1. The van der Waals surface area contributed by atoms with Gasteiger partial charge in [-0.2, -0.15) is 12.6 Å². The molecule has 5 heteroatoms. The summed E-state index contributed by atoms with van der Waals surface area (Å²) in [5.41, 5.74) is 3.78. The van der Waals surface area contributed by atoms with Crippen LogP contribution in [0, 0.1) is 6.92 Å². The second kappa shape index (κ2) is 4.16. The van der Waals surface area contributed by atoms with Gasteiger partial charge in [0, 0.05) is 16.2 Å². The van der Waals surface area contributed by atoms with E-state index in [1.54, 1.807) is 11.3 Å². The molecule has 3 aromatic rings. The minimum Gasteiger partial charge on any atom is -0.443 e. The Balaban J connectivity index is 2.12. The smallest absolute Gasteiger partial charge is 0.181 e. The molecule has 2 aromatic heterocycles. The normalized spacial score (nSPS) is 11.2. The molecular formula is C12H10N2OS2. The van der Waals surface area contributed by atoms with E-state index in [2.05, 4.69) is 22.6 Å². The predicted octanol–water partition coefficient (Wildman–Crippen LogP) is 3.69. The van der Waals surface area contributed by atoms with Crippen LogP contribution in [0.25, 0.3) is 21.7 Å². The summed E-state index contributed by atoms with van der Waals surface area (Å²) < 4.78 is 5.29. The molecule has 0 saturated heterocycles. The zero-order valence-corrected chi connectivity index (χ0v) is 10.9. The number of rotatable bonds is 2. The summed E-state index contributed by atoms with van der Waals surface area (Å²) in [5, 5.41) is 1.00. The molecule has 86 valence electrons. The van der Waals surface area contributed by atoms with Crippen LogP contribution in [0.5, 0.6) is 0 Å². The molecule has 0 saturated carbocycles. The van der Waals surface area contributed by atoms with Crippen molar-refractivity contribution in [1.82, 2.24) is 9.97 Å². The Morgan fingerprint density at radius 3 is 3.06 bits per heavy atom. The summed E-state index contributed by atoms with van der Waals surface area (Å²) >= 11 is 5.97. The maximum absolute atomic E-state index is 5.29. The van der Waals surface area contributed by atoms with Crippen LogP contribution in [0.1, 0.15) is 10.6 Å². The van der Waals surface area contributed by atoms with Crippen molar-refractivity contribution in [1.29, 1.82) is 0 Å². The van der Waals surface area contributed by atoms with Crippen LogP contribution in [-0.2, 0) is 5.75 Å². The van der Waals surface area contributed by atoms with Crippen LogP contribution < -0.4 is 0 Å². The predicted molar refractivity (Wildman–Crippen MR) is 72.5 cm³/mol. The van der Waals surface area contributed by atoms with Gasteiger partial charge in [-0.15, -0.1) is 11.3 Å². The van der Waals surface area contributed by atoms with Crippen molar-refractivity contribution < 1.29 is 4.42 Å². The third kappa shape index (κ3) is 1.85. The van der Waals surface area contributed by atoms with E-state index in [4.69, 9.17) is 4.42 Å². The van der Waals surface area contributed by atoms with E-state index in [0.29, 0.717) is 0 Å². The summed E-state index contributed by atoms with van der Waals surface area (Å²) in [7, 11) is 0. The first-order valence-electron chi connectivity index (χ1n) is 5.18. The molecule has 0 aliphatic rings. The number of thiol groups is 1. The lowest BCUT2D eigenvalue weighted by atomic mass is 10.2. The minimum atomic E-state index is 0.730. The molecule has 3 rings (SSSR count). The van der Waals surface area contributed by atoms with Gasteiger partial charge in [-0.1, -0.05) is 0 Å². The summed E-state index contributed by atoms with van der Waals surface area (Å²) in [5.74, 6) is 0.730. The van der Waals surface area contributed by atoms with E-state index in [9.17, 15) is 0 Å². The standard InChI is InChI=1S/C12H10N2OS2/c1-7-11(5-16)17-12(14-7)8-2-3-9-10(4-8)15-6-13-9/h2-4,6,16H,5H2,1H3. The third-order valence-electron chi connectivity index (χ3n) is 2.61. The fourth-order valence-corrected chi connectivity index (χ4v) is 3.03. The maximum Gasteiger partial charge on any atom is 0.181 e. The van der Waals surface area contributed by atoms with Crippen molar-refractivity contribution in [2.45, 2.75) is 12.7 Å². The van der Waals surface area contributed by atoms with E-state index >= 15 is 0 Å². The molecule has 0 radical (unpaired) electrons. The summed E-state index contributed by atoms with van der Waals surface area (Å²) in [6.45, 7) is 2.01. The Morgan fingerprint density at radius 2 is 2.29 bits per heavy atom. The van der Waals surface area contributed by atoms with Crippen LogP contribution in [0.2, 0.25) is 0 Å². The van der Waals surface area contributed by atoms with Gasteiger partial charge in [0.05, 0.1) is 5.69 Å². The quantitative estimate of drug-likeness (QED) is 0.716. The molecule has 17 heavy (non-hydrogen) atoms. The van der Waals surface area contributed by atoms with Crippen molar-refractivity contribution in [3.05, 3.63) is 35.2 Å². The second-order valence-electron chi connectivity index (χ2n) is 3.72. The molecule has 3 nitrogen and oxygen atoms in total. The highest BCUT2D eigenvalue weighted by molar-refractivity contribution is 7.79. The topological polar surface area (TPSA) is 38.9 Å². The number of aromatic nitrogens is 2. The lowest BCUT2D eigenvalue weighted by Gasteiger charge is -1.94. The number of oxazole rings is 1. The van der Waals surface area contributed by atoms with E-state index in [0.717, 1.165) is 33.1 Å². The zero-order chi connectivity index (χ0) is 11.8. The first-order valence-corrected chi connectivity index (χ1v) is 6.63.